The van der Waals surface area contributed by atoms with Gasteiger partial charge in [0.2, 0.25) is 0 Å². The van der Waals surface area contributed by atoms with Crippen molar-refractivity contribution in [1.82, 2.24) is 0 Å². The molecule has 0 aliphatic carbocycles. The van der Waals surface area contributed by atoms with Gasteiger partial charge in [-0.15, -0.1) is 0 Å². The zero-order chi connectivity index (χ0) is 13.0. The van der Waals surface area contributed by atoms with Crippen LogP contribution in [0.15, 0.2) is 53.4 Å². The molecule has 0 saturated heterocycles. The van der Waals surface area contributed by atoms with Gasteiger partial charge < -0.3 is 9.29 Å². The predicted molar refractivity (Wildman–Crippen MR) is 69.4 cm³/mol. The van der Waals surface area contributed by atoms with E-state index in [-0.39, 0.29) is 4.90 Å². The molecule has 94 valence electrons. The fourth-order valence-electron chi connectivity index (χ4n) is 1.46. The number of hydrogen-bond acceptors (Lipinski definition) is 3. The topological polar surface area (TPSA) is 49.4 Å². The summed E-state index contributed by atoms with van der Waals surface area (Å²) in [5.41, 5.74) is 1.00. The third-order valence-corrected chi connectivity index (χ3v) is 3.12. The van der Waals surface area contributed by atoms with Crippen molar-refractivity contribution in [3.8, 4) is 5.75 Å². The number of hydrogen-bond donors (Lipinski definition) is 0. The maximum absolute atomic E-state index is 10.9. The molecule has 0 aromatic heterocycles. The van der Waals surface area contributed by atoms with Crippen molar-refractivity contribution < 1.29 is 13.5 Å². The van der Waals surface area contributed by atoms with Gasteiger partial charge in [0.25, 0.3) is 0 Å². The van der Waals surface area contributed by atoms with E-state index in [1.807, 2.05) is 30.3 Å². The van der Waals surface area contributed by atoms with E-state index in [0.717, 1.165) is 5.56 Å². The minimum Gasteiger partial charge on any atom is -0.768 e. The van der Waals surface area contributed by atoms with Crippen molar-refractivity contribution in [2.24, 2.45) is 0 Å². The Hall–Kier alpha value is -1.36. The first-order chi connectivity index (χ1) is 8.65. The average molecular weight is 282 g/mol. The molecule has 0 bridgehead atoms. The molecule has 0 N–H and O–H groups in total. The summed E-state index contributed by atoms with van der Waals surface area (Å²) in [5, 5.41) is 0.333. The van der Waals surface area contributed by atoms with Crippen LogP contribution in [0, 0.1) is 0 Å². The van der Waals surface area contributed by atoms with Gasteiger partial charge in [-0.25, -0.2) is 0 Å². The van der Waals surface area contributed by atoms with Gasteiger partial charge in [0.05, 0.1) is 0 Å². The van der Waals surface area contributed by atoms with Gasteiger partial charge in [0.15, 0.2) is 0 Å². The first-order valence-corrected chi connectivity index (χ1v) is 6.67. The largest absolute Gasteiger partial charge is 0.768 e. The molecule has 1 atom stereocenters. The van der Waals surface area contributed by atoms with Crippen molar-refractivity contribution in [2.75, 3.05) is 0 Å². The van der Waals surface area contributed by atoms with Gasteiger partial charge in [-0.3, -0.25) is 4.21 Å². The van der Waals surface area contributed by atoms with E-state index in [9.17, 15) is 8.76 Å². The number of ether oxygens (including phenoxy) is 1. The minimum absolute atomic E-state index is 0.116. The smallest absolute Gasteiger partial charge is 0.122 e. The van der Waals surface area contributed by atoms with Crippen LogP contribution in [0.2, 0.25) is 5.02 Å². The number of rotatable bonds is 4. The molecular weight excluding hydrogens is 272 g/mol. The lowest BCUT2D eigenvalue weighted by atomic mass is 10.2. The van der Waals surface area contributed by atoms with Gasteiger partial charge in [0, 0.05) is 9.92 Å². The molecule has 0 spiro atoms. The normalized spacial score (nSPS) is 12.1. The molecule has 0 radical (unpaired) electrons. The maximum atomic E-state index is 10.9. The Morgan fingerprint density at radius 3 is 2.56 bits per heavy atom. The molecule has 0 fully saturated rings. The molecule has 5 heteroatoms. The van der Waals surface area contributed by atoms with Crippen molar-refractivity contribution >= 4 is 22.7 Å². The van der Waals surface area contributed by atoms with Crippen LogP contribution in [0.4, 0.5) is 0 Å². The quantitative estimate of drug-likeness (QED) is 0.809. The van der Waals surface area contributed by atoms with E-state index in [4.69, 9.17) is 16.3 Å². The fourth-order valence-corrected chi connectivity index (χ4v) is 2.18. The standard InChI is InChI=1S/C13H11ClO3S/c14-11-6-12(8-13(7-11)18(15)16)17-9-10-4-2-1-3-5-10/h1-8H,9H2,(H,15,16)/p-1. The third-order valence-electron chi connectivity index (χ3n) is 2.29. The highest BCUT2D eigenvalue weighted by Gasteiger charge is 2.02. The van der Waals surface area contributed by atoms with Crippen LogP contribution < -0.4 is 4.74 Å². The Kier molecular flexibility index (Phi) is 4.36. The van der Waals surface area contributed by atoms with Crippen LogP contribution in [0.25, 0.3) is 0 Å². The summed E-state index contributed by atoms with van der Waals surface area (Å²) in [6, 6.07) is 14.0. The lowest BCUT2D eigenvalue weighted by Crippen LogP contribution is -1.96. The molecule has 0 aliphatic heterocycles. The monoisotopic (exact) mass is 281 g/mol. The zero-order valence-corrected chi connectivity index (χ0v) is 10.9. The van der Waals surface area contributed by atoms with Gasteiger partial charge >= 0.3 is 0 Å². The van der Waals surface area contributed by atoms with E-state index >= 15 is 0 Å². The van der Waals surface area contributed by atoms with Crippen molar-refractivity contribution in [3.05, 3.63) is 59.1 Å². The van der Waals surface area contributed by atoms with Crippen LogP contribution in [-0.2, 0) is 17.7 Å². The number of halogens is 1. The van der Waals surface area contributed by atoms with Gasteiger partial charge in [-0.1, -0.05) is 41.9 Å². The van der Waals surface area contributed by atoms with Gasteiger partial charge in [0.1, 0.15) is 12.4 Å². The summed E-state index contributed by atoms with van der Waals surface area (Å²) in [5.74, 6) is 0.436. The molecule has 0 heterocycles. The highest BCUT2D eigenvalue weighted by Crippen LogP contribution is 2.23. The second kappa shape index (κ2) is 6.00. The highest BCUT2D eigenvalue weighted by atomic mass is 35.5. The molecule has 18 heavy (non-hydrogen) atoms. The van der Waals surface area contributed by atoms with E-state index in [1.165, 1.54) is 12.1 Å². The van der Waals surface area contributed by atoms with Crippen molar-refractivity contribution in [3.63, 3.8) is 0 Å². The SMILES string of the molecule is O=S([O-])c1cc(Cl)cc(OCc2ccccc2)c1. The van der Waals surface area contributed by atoms with E-state index in [2.05, 4.69) is 0 Å². The van der Waals surface area contributed by atoms with Gasteiger partial charge in [-0.2, -0.15) is 0 Å². The first kappa shape index (κ1) is 13.1. The molecule has 2 aromatic carbocycles. The lowest BCUT2D eigenvalue weighted by molar-refractivity contribution is 0.305. The average Bonchev–Trinajstić information content (AvgIpc) is 2.37. The lowest BCUT2D eigenvalue weighted by Gasteiger charge is -2.10. The summed E-state index contributed by atoms with van der Waals surface area (Å²) in [7, 11) is 0. The van der Waals surface area contributed by atoms with E-state index in [0.29, 0.717) is 17.4 Å². The molecule has 0 amide bonds. The summed E-state index contributed by atoms with van der Waals surface area (Å²) in [4.78, 5) is 0.116. The van der Waals surface area contributed by atoms with Crippen LogP contribution in [-0.4, -0.2) is 8.76 Å². The molecule has 0 saturated carbocycles. The molecular formula is C13H10ClO3S-. The first-order valence-electron chi connectivity index (χ1n) is 5.22. The van der Waals surface area contributed by atoms with Crippen LogP contribution in [0.1, 0.15) is 5.56 Å². The summed E-state index contributed by atoms with van der Waals surface area (Å²) in [6.07, 6.45) is 0. The Bertz CT molecular complexity index is 557. The molecule has 1 unspecified atom stereocenters. The Morgan fingerprint density at radius 1 is 1.17 bits per heavy atom. The minimum atomic E-state index is -2.31. The zero-order valence-electron chi connectivity index (χ0n) is 9.34. The highest BCUT2D eigenvalue weighted by molar-refractivity contribution is 7.79. The molecule has 3 nitrogen and oxygen atoms in total. The second-order valence-electron chi connectivity index (χ2n) is 3.63. The van der Waals surface area contributed by atoms with Gasteiger partial charge in [-0.05, 0) is 34.8 Å². The second-order valence-corrected chi connectivity index (χ2v) is 5.01. The molecule has 2 rings (SSSR count). The van der Waals surface area contributed by atoms with Crippen molar-refractivity contribution in [2.45, 2.75) is 11.5 Å². The van der Waals surface area contributed by atoms with Crippen LogP contribution >= 0.6 is 11.6 Å². The summed E-state index contributed by atoms with van der Waals surface area (Å²) >= 11 is 3.51. The van der Waals surface area contributed by atoms with Crippen LogP contribution in [0.3, 0.4) is 0 Å². The van der Waals surface area contributed by atoms with Crippen molar-refractivity contribution in [1.29, 1.82) is 0 Å². The predicted octanol–water partition coefficient (Wildman–Crippen LogP) is 3.16. The summed E-state index contributed by atoms with van der Waals surface area (Å²) in [6.45, 7) is 0.367. The van der Waals surface area contributed by atoms with Crippen LogP contribution in [0.5, 0.6) is 5.75 Å². The Labute approximate surface area is 113 Å². The molecule has 2 aromatic rings. The maximum Gasteiger partial charge on any atom is 0.122 e. The fraction of sp³-hybridized carbons (Fsp3) is 0.0769. The Balaban J connectivity index is 2.12. The Morgan fingerprint density at radius 2 is 1.89 bits per heavy atom. The van der Waals surface area contributed by atoms with E-state index < -0.39 is 11.1 Å². The molecule has 0 aliphatic rings. The third kappa shape index (κ3) is 3.57. The van der Waals surface area contributed by atoms with E-state index in [1.54, 1.807) is 6.07 Å². The number of benzene rings is 2. The summed E-state index contributed by atoms with van der Waals surface area (Å²) < 4.78 is 27.2.